The van der Waals surface area contributed by atoms with Gasteiger partial charge in [0.25, 0.3) is 0 Å². The van der Waals surface area contributed by atoms with Gasteiger partial charge in [-0.25, -0.2) is 29.9 Å². The molecule has 0 amide bonds. The largest absolute Gasteiger partial charge is 0.657 e. The van der Waals surface area contributed by atoms with Crippen LogP contribution in [0.25, 0.3) is 177 Å². The van der Waals surface area contributed by atoms with Crippen LogP contribution < -0.4 is 4.98 Å². The molecular formula is C125H141Co3N8O12-. The number of aliphatic carboxylic acids is 4. The maximum atomic E-state index is 12.1. The van der Waals surface area contributed by atoms with Gasteiger partial charge in [-0.2, -0.15) is 0 Å². The Kier molecular flexibility index (Phi) is 40.0. The van der Waals surface area contributed by atoms with Gasteiger partial charge in [-0.05, 0) is 221 Å². The van der Waals surface area contributed by atoms with Gasteiger partial charge in [-0.3, -0.25) is 19.2 Å². The van der Waals surface area contributed by atoms with Gasteiger partial charge < -0.3 is 50.8 Å². The Balaban J connectivity index is 0.000000219. The van der Waals surface area contributed by atoms with Crippen LogP contribution >= 0.6 is 0 Å². The van der Waals surface area contributed by atoms with Crippen LogP contribution in [-0.2, 0) is 91.2 Å². The number of carboxylic acid groups (broad SMARTS) is 4. The molecule has 9 N–H and O–H groups in total. The van der Waals surface area contributed by atoms with E-state index in [2.05, 4.69) is 163 Å². The molecule has 16 aromatic rings. The Labute approximate surface area is 899 Å². The number of pyridine rings is 4. The summed E-state index contributed by atoms with van der Waals surface area (Å²) in [4.78, 5) is 81.7. The van der Waals surface area contributed by atoms with Gasteiger partial charge in [0.15, 0.2) is 0 Å². The quantitative estimate of drug-likeness (QED) is 0.0302. The number of aromatic amines is 1. The first-order valence-corrected chi connectivity index (χ1v) is 51.4. The summed E-state index contributed by atoms with van der Waals surface area (Å²) >= 11 is 0. The Morgan fingerprint density at radius 1 is 0.291 bits per heavy atom. The summed E-state index contributed by atoms with van der Waals surface area (Å²) in [5.41, 5.74) is 18.4. The van der Waals surface area contributed by atoms with E-state index in [4.69, 9.17) is 55.3 Å². The molecule has 23 heteroatoms. The number of nitrogens with one attached hydrogen (secondary N) is 1. The van der Waals surface area contributed by atoms with Crippen molar-refractivity contribution in [2.75, 3.05) is 0 Å². The van der Waals surface area contributed by atoms with E-state index in [0.29, 0.717) is 93.1 Å². The topological polar surface area (TPSA) is 337 Å². The van der Waals surface area contributed by atoms with Crippen LogP contribution in [0.1, 0.15) is 280 Å². The minimum absolute atomic E-state index is 0. The number of phenols is 4. The number of rotatable bonds is 21. The molecular weight excluding hydrogens is 1980 g/mol. The van der Waals surface area contributed by atoms with Gasteiger partial charge in [0, 0.05) is 132 Å². The van der Waals surface area contributed by atoms with Gasteiger partial charge in [-0.1, -0.05) is 305 Å². The van der Waals surface area contributed by atoms with Gasteiger partial charge in [0.05, 0.1) is 90.6 Å². The van der Waals surface area contributed by atoms with Crippen LogP contribution in [0, 0.1) is 23.7 Å². The predicted molar refractivity (Wildman–Crippen MR) is 600 cm³/mol. The minimum Gasteiger partial charge on any atom is -0.657 e. The molecule has 18 rings (SSSR count). The van der Waals surface area contributed by atoms with Crippen molar-refractivity contribution in [1.29, 1.82) is 0 Å². The molecule has 8 aromatic carbocycles. The Hall–Kier alpha value is -13.1. The summed E-state index contributed by atoms with van der Waals surface area (Å²) in [7, 11) is 0. The van der Waals surface area contributed by atoms with Crippen molar-refractivity contribution >= 4 is 179 Å². The predicted octanol–water partition coefficient (Wildman–Crippen LogP) is 32.3. The zero-order valence-corrected chi connectivity index (χ0v) is 91.8. The monoisotopic (exact) mass is 2120 g/mol. The second-order valence-electron chi connectivity index (χ2n) is 42.3. The van der Waals surface area contributed by atoms with Crippen LogP contribution in [0.5, 0.6) is 23.0 Å². The Morgan fingerprint density at radius 2 is 0.561 bits per heavy atom. The first kappa shape index (κ1) is 117. The first-order valence-electron chi connectivity index (χ1n) is 51.4. The molecule has 10 heterocycles. The summed E-state index contributed by atoms with van der Waals surface area (Å²) in [5, 5.41) is 91.6. The summed E-state index contributed by atoms with van der Waals surface area (Å²) in [6, 6.07) is 68.9. The molecule has 4 unspecified atom stereocenters. The third-order valence-electron chi connectivity index (χ3n) is 27.7. The molecule has 24 bridgehead atoms. The molecule has 20 nitrogen and oxygen atoms in total. The van der Waals surface area contributed by atoms with E-state index < -0.39 is 23.9 Å². The van der Waals surface area contributed by atoms with Gasteiger partial charge in [0.1, 0.15) is 23.0 Å². The molecule has 0 saturated carbocycles. The molecule has 148 heavy (non-hydrogen) atoms. The molecule has 2 aliphatic heterocycles. The van der Waals surface area contributed by atoms with Crippen molar-refractivity contribution in [3.63, 3.8) is 0 Å². The molecule has 4 atom stereocenters. The average molecular weight is 2120 g/mol. The zero-order chi connectivity index (χ0) is 105. The van der Waals surface area contributed by atoms with E-state index in [9.17, 15) is 39.6 Å². The number of nitrogens with zero attached hydrogens (tertiary/aromatic N) is 7. The number of H-pyrrole nitrogens is 1. The van der Waals surface area contributed by atoms with Crippen molar-refractivity contribution in [3.8, 4) is 45.3 Å². The van der Waals surface area contributed by atoms with E-state index in [-0.39, 0.29) is 119 Å². The number of fused-ring (bicyclic) bond motifs is 28. The minimum atomic E-state index is -0.653. The number of benzene rings is 8. The number of unbranched alkanes of at least 4 members (excludes halogenated alkanes) is 3. The Bertz CT molecular complexity index is 7400. The number of phenolic OH excluding ortho intramolecular Hbond substituents is 4. The molecule has 0 aliphatic carbocycles. The van der Waals surface area contributed by atoms with E-state index in [0.717, 1.165) is 201 Å². The van der Waals surface area contributed by atoms with E-state index >= 15 is 0 Å². The fraction of sp³-hybridized carbons (Fsp3) is 0.344. The Morgan fingerprint density at radius 3 is 0.872 bits per heavy atom. The fourth-order valence-corrected chi connectivity index (χ4v) is 18.4. The number of carbonyl (C=O) groups is 4. The number of aromatic nitrogens is 8. The van der Waals surface area contributed by atoms with Crippen LogP contribution in [0.15, 0.2) is 206 Å². The van der Waals surface area contributed by atoms with Crippen LogP contribution in [0.2, 0.25) is 0 Å². The van der Waals surface area contributed by atoms with Gasteiger partial charge >= 0.3 is 23.9 Å². The molecule has 3 radical (unpaired) electrons. The van der Waals surface area contributed by atoms with E-state index in [1.54, 1.807) is 0 Å². The average Bonchev–Trinajstić information content (AvgIpc) is 1.27. The molecule has 0 fully saturated rings. The third-order valence-corrected chi connectivity index (χ3v) is 27.7. The maximum Gasteiger partial charge on any atom is 0.306 e. The third kappa shape index (κ3) is 27.1. The summed E-state index contributed by atoms with van der Waals surface area (Å²) < 4.78 is 0. The van der Waals surface area contributed by atoms with Crippen LogP contribution in [-0.4, -0.2) is 99.6 Å². The number of hydrogen-bond acceptors (Lipinski definition) is 14. The van der Waals surface area contributed by atoms with Crippen molar-refractivity contribution in [2.45, 2.75) is 256 Å². The van der Waals surface area contributed by atoms with E-state index in [1.807, 2.05) is 211 Å². The van der Waals surface area contributed by atoms with Gasteiger partial charge in [0.2, 0.25) is 0 Å². The van der Waals surface area contributed by atoms with Crippen LogP contribution in [0.4, 0.5) is 0 Å². The SMILES string of the molecule is CC(C)(C)c1cc2c3nc(c(-c4ccccc4)c4ccc([n-]4)c4cc(C(C)(C)C)cc(c4O)c4ccc5ccc6ccc(nc6c5n4)c(c1)c2O)C=C3.CC(C)(C)c1cc2c3nc(c(-c4ccccc4)c4ccc([nH]4)c4cc(C(C)(C)C)cc(c4O)c4ccc5ccc6ccc(nc6c5n4)c(c1)c2O)C=C3.CCCC(CC)C(=O)O.CCCCC(CC)C(=O)O.CCCCC(CC)C(=O)O.CCCCC(CC)C(=O)O.[Co].[Co].[Co]. The van der Waals surface area contributed by atoms with Crippen molar-refractivity contribution in [1.82, 2.24) is 39.9 Å². The number of hydrogen-bond donors (Lipinski definition) is 9. The van der Waals surface area contributed by atoms with Crippen molar-refractivity contribution < 1.29 is 110 Å². The van der Waals surface area contributed by atoms with Crippen molar-refractivity contribution in [3.05, 3.63) is 251 Å². The second-order valence-corrected chi connectivity index (χ2v) is 42.3. The second kappa shape index (κ2) is 50.7. The summed E-state index contributed by atoms with van der Waals surface area (Å²) in [5.74, 6) is -2.52. The zero-order valence-electron chi connectivity index (χ0n) is 88.7. The molecule has 2 aliphatic rings. The molecule has 0 saturated heterocycles. The summed E-state index contributed by atoms with van der Waals surface area (Å²) in [6.45, 7) is 42.0. The fourth-order valence-electron chi connectivity index (χ4n) is 18.4. The molecule has 0 spiro atoms. The standard InChI is InChI=1S/C47H40N4O2.C47H39N4O2.3C8H16O2.C7H14O2.3Co/c2*1-46(2,3)29-22-31-35-18-20-39(48-35)41(26-10-8-7-9-11-26)40-21-19-36(49-40)32-23-30(47(4,5)6)25-34(45(32)53)38-17-15-28-13-12-27-14-16-37(33(24-29)44(31)52)50-42(27)43(28)51-38;3*1-3-5-6-7(4-2)8(9)10;1-3-5-6(4-2)7(8)9;;;/h7-25,48,52-53H,1-6H3;7-25H,1-6H3,(H2-,48,49,50,51,52,53);3*7H,3-6H2,1-2H3,(H,9,10);6H,3-5H2,1-2H3,(H,8,9);;;/q;-1;;;;;;;. The van der Waals surface area contributed by atoms with Gasteiger partial charge in [-0.15, -0.1) is 11.0 Å². The maximum absolute atomic E-state index is 12.1. The summed E-state index contributed by atoms with van der Waals surface area (Å²) in [6.07, 6.45) is 21.6. The number of carboxylic acids is 4. The molecule has 8 aromatic heterocycles. The van der Waals surface area contributed by atoms with Crippen molar-refractivity contribution in [2.24, 2.45) is 23.7 Å². The number of aromatic hydroxyl groups is 4. The first-order chi connectivity index (χ1) is 69.0. The van der Waals surface area contributed by atoms with Crippen LogP contribution in [0.3, 0.4) is 0 Å². The molecule has 781 valence electrons. The normalized spacial score (nSPS) is 12.6. The smallest absolute Gasteiger partial charge is 0.306 e. The van der Waals surface area contributed by atoms with E-state index in [1.165, 1.54) is 0 Å².